The van der Waals surface area contributed by atoms with Crippen LogP contribution in [-0.4, -0.2) is 16.5 Å². The third-order valence-electron chi connectivity index (χ3n) is 4.35. The van der Waals surface area contributed by atoms with Crippen LogP contribution in [0.3, 0.4) is 0 Å². The fourth-order valence-corrected chi connectivity index (χ4v) is 3.30. The summed E-state index contributed by atoms with van der Waals surface area (Å²) in [6, 6.07) is 16.3. The SMILES string of the molecule is C(=C1/NCCc2c1[nH]c1ccccc21)/c1nc2ccccc2o1. The molecule has 0 saturated heterocycles. The van der Waals surface area contributed by atoms with Crippen LogP contribution in [0.1, 0.15) is 17.1 Å². The second kappa shape index (κ2) is 4.74. The standard InChI is InChI=1S/C19H15N3O/c1-2-6-14-12(5-1)13-9-10-20-16(19(13)22-14)11-18-21-15-7-3-4-8-17(15)23-18/h1-8,11,20,22H,9-10H2/b16-11-. The lowest BCUT2D eigenvalue weighted by atomic mass is 10.0. The minimum atomic E-state index is 0.625. The number of H-pyrrole nitrogens is 1. The first kappa shape index (κ1) is 12.5. The Kier molecular flexibility index (Phi) is 2.58. The number of fused-ring (bicyclic) bond motifs is 4. The van der Waals surface area contributed by atoms with Gasteiger partial charge in [0, 0.05) is 23.5 Å². The van der Waals surface area contributed by atoms with E-state index in [0.29, 0.717) is 5.89 Å². The van der Waals surface area contributed by atoms with Gasteiger partial charge in [0.15, 0.2) is 5.58 Å². The van der Waals surface area contributed by atoms with Crippen molar-refractivity contribution in [3.05, 3.63) is 65.7 Å². The molecule has 0 fully saturated rings. The van der Waals surface area contributed by atoms with E-state index < -0.39 is 0 Å². The van der Waals surface area contributed by atoms with Crippen molar-refractivity contribution in [1.82, 2.24) is 15.3 Å². The number of aromatic nitrogens is 2. The highest BCUT2D eigenvalue weighted by atomic mass is 16.3. The number of hydrogen-bond acceptors (Lipinski definition) is 3. The number of nitrogens with one attached hydrogen (secondary N) is 2. The number of oxazole rings is 1. The average molecular weight is 301 g/mol. The van der Waals surface area contributed by atoms with Crippen molar-refractivity contribution >= 4 is 33.8 Å². The fourth-order valence-electron chi connectivity index (χ4n) is 3.30. The van der Waals surface area contributed by atoms with Crippen LogP contribution in [0.2, 0.25) is 0 Å². The number of aromatic amines is 1. The Morgan fingerprint density at radius 2 is 1.91 bits per heavy atom. The molecule has 2 aromatic heterocycles. The van der Waals surface area contributed by atoms with E-state index in [-0.39, 0.29) is 0 Å². The zero-order valence-corrected chi connectivity index (χ0v) is 12.5. The molecule has 0 radical (unpaired) electrons. The molecule has 2 aromatic carbocycles. The van der Waals surface area contributed by atoms with Crippen molar-refractivity contribution in [3.63, 3.8) is 0 Å². The molecule has 0 aliphatic carbocycles. The minimum Gasteiger partial charge on any atom is -0.437 e. The van der Waals surface area contributed by atoms with E-state index >= 15 is 0 Å². The van der Waals surface area contributed by atoms with Crippen LogP contribution in [0.25, 0.3) is 33.8 Å². The molecule has 4 aromatic rings. The quantitative estimate of drug-likeness (QED) is 0.559. The lowest BCUT2D eigenvalue weighted by molar-refractivity contribution is 0.589. The Balaban J connectivity index is 1.67. The van der Waals surface area contributed by atoms with Gasteiger partial charge in [0.2, 0.25) is 5.89 Å². The lowest BCUT2D eigenvalue weighted by Crippen LogP contribution is -2.22. The normalized spacial score (nSPS) is 15.9. The molecule has 23 heavy (non-hydrogen) atoms. The summed E-state index contributed by atoms with van der Waals surface area (Å²) in [5, 5.41) is 4.76. The highest BCUT2D eigenvalue weighted by Crippen LogP contribution is 2.30. The van der Waals surface area contributed by atoms with E-state index in [1.807, 2.05) is 30.3 Å². The van der Waals surface area contributed by atoms with Crippen LogP contribution < -0.4 is 5.32 Å². The molecule has 0 saturated carbocycles. The minimum absolute atomic E-state index is 0.625. The Morgan fingerprint density at radius 3 is 2.87 bits per heavy atom. The Hall–Kier alpha value is -3.01. The van der Waals surface area contributed by atoms with Crippen molar-refractivity contribution in [1.29, 1.82) is 0 Å². The number of rotatable bonds is 1. The molecule has 3 heterocycles. The summed E-state index contributed by atoms with van der Waals surface area (Å²) in [5.74, 6) is 0.625. The molecule has 4 nitrogen and oxygen atoms in total. The number of benzene rings is 2. The van der Waals surface area contributed by atoms with Gasteiger partial charge in [0.05, 0.1) is 11.4 Å². The summed E-state index contributed by atoms with van der Waals surface area (Å²) >= 11 is 0. The molecule has 4 heteroatoms. The zero-order valence-electron chi connectivity index (χ0n) is 12.5. The van der Waals surface area contributed by atoms with E-state index in [4.69, 9.17) is 4.42 Å². The van der Waals surface area contributed by atoms with E-state index in [1.165, 1.54) is 16.5 Å². The van der Waals surface area contributed by atoms with E-state index in [0.717, 1.165) is 35.5 Å². The summed E-state index contributed by atoms with van der Waals surface area (Å²) in [6.07, 6.45) is 3.00. The van der Waals surface area contributed by atoms with Gasteiger partial charge in [-0.3, -0.25) is 0 Å². The first-order valence-corrected chi connectivity index (χ1v) is 7.79. The highest BCUT2D eigenvalue weighted by Gasteiger charge is 2.19. The van der Waals surface area contributed by atoms with E-state index in [1.54, 1.807) is 0 Å². The molecule has 0 unspecified atom stereocenters. The molecule has 112 valence electrons. The summed E-state index contributed by atoms with van der Waals surface area (Å²) in [7, 11) is 0. The predicted molar refractivity (Wildman–Crippen MR) is 91.9 cm³/mol. The van der Waals surface area contributed by atoms with Gasteiger partial charge >= 0.3 is 0 Å². The first-order chi connectivity index (χ1) is 11.4. The predicted octanol–water partition coefficient (Wildman–Crippen LogP) is 3.95. The van der Waals surface area contributed by atoms with Gasteiger partial charge in [0.1, 0.15) is 5.52 Å². The molecule has 0 amide bonds. The van der Waals surface area contributed by atoms with Crippen LogP contribution in [0, 0.1) is 0 Å². The third kappa shape index (κ3) is 1.95. The molecule has 0 bridgehead atoms. The number of para-hydroxylation sites is 3. The summed E-state index contributed by atoms with van der Waals surface area (Å²) in [4.78, 5) is 8.06. The average Bonchev–Trinajstić information content (AvgIpc) is 3.16. The molecular weight excluding hydrogens is 286 g/mol. The van der Waals surface area contributed by atoms with Crippen LogP contribution >= 0.6 is 0 Å². The summed E-state index contributed by atoms with van der Waals surface area (Å²) < 4.78 is 5.82. The van der Waals surface area contributed by atoms with Crippen molar-refractivity contribution in [2.24, 2.45) is 0 Å². The lowest BCUT2D eigenvalue weighted by Gasteiger charge is -2.17. The Bertz CT molecular complexity index is 1020. The largest absolute Gasteiger partial charge is 0.437 e. The monoisotopic (exact) mass is 301 g/mol. The van der Waals surface area contributed by atoms with Gasteiger partial charge in [-0.25, -0.2) is 4.98 Å². The maximum Gasteiger partial charge on any atom is 0.222 e. The topological polar surface area (TPSA) is 53.9 Å². The van der Waals surface area contributed by atoms with E-state index in [9.17, 15) is 0 Å². The number of nitrogens with zero attached hydrogens (tertiary/aromatic N) is 1. The second-order valence-corrected chi connectivity index (χ2v) is 5.78. The van der Waals surface area contributed by atoms with Crippen molar-refractivity contribution in [3.8, 4) is 0 Å². The third-order valence-corrected chi connectivity index (χ3v) is 4.35. The number of hydrogen-bond donors (Lipinski definition) is 2. The first-order valence-electron chi connectivity index (χ1n) is 7.79. The van der Waals surface area contributed by atoms with Crippen molar-refractivity contribution in [2.45, 2.75) is 6.42 Å². The van der Waals surface area contributed by atoms with E-state index in [2.05, 4.69) is 39.6 Å². The second-order valence-electron chi connectivity index (χ2n) is 5.78. The zero-order chi connectivity index (χ0) is 15.2. The molecule has 0 atom stereocenters. The fraction of sp³-hybridized carbons (Fsp3) is 0.105. The van der Waals surface area contributed by atoms with Gasteiger partial charge < -0.3 is 14.7 Å². The maximum absolute atomic E-state index is 5.82. The van der Waals surface area contributed by atoms with Gasteiger partial charge in [-0.05, 0) is 30.2 Å². The van der Waals surface area contributed by atoms with Crippen LogP contribution in [-0.2, 0) is 6.42 Å². The van der Waals surface area contributed by atoms with Gasteiger partial charge in [-0.15, -0.1) is 0 Å². The molecule has 2 N–H and O–H groups in total. The van der Waals surface area contributed by atoms with Gasteiger partial charge in [-0.2, -0.15) is 0 Å². The molecule has 0 spiro atoms. The smallest absolute Gasteiger partial charge is 0.222 e. The highest BCUT2D eigenvalue weighted by molar-refractivity contribution is 5.92. The molecule has 1 aliphatic rings. The Labute approximate surface area is 132 Å². The van der Waals surface area contributed by atoms with Crippen LogP contribution in [0.15, 0.2) is 52.9 Å². The van der Waals surface area contributed by atoms with Gasteiger partial charge in [-0.1, -0.05) is 30.3 Å². The van der Waals surface area contributed by atoms with Gasteiger partial charge in [0.25, 0.3) is 0 Å². The molecule has 5 rings (SSSR count). The maximum atomic E-state index is 5.82. The Morgan fingerprint density at radius 1 is 1.04 bits per heavy atom. The van der Waals surface area contributed by atoms with Crippen LogP contribution in [0.5, 0.6) is 0 Å². The molecule has 1 aliphatic heterocycles. The molecular formula is C19H15N3O. The van der Waals surface area contributed by atoms with Crippen LogP contribution in [0.4, 0.5) is 0 Å². The van der Waals surface area contributed by atoms with Crippen molar-refractivity contribution in [2.75, 3.05) is 6.54 Å². The summed E-state index contributed by atoms with van der Waals surface area (Å²) in [6.45, 7) is 0.918. The summed E-state index contributed by atoms with van der Waals surface area (Å²) in [5.41, 5.74) is 6.40. The van der Waals surface area contributed by atoms with Crippen molar-refractivity contribution < 1.29 is 4.42 Å².